The van der Waals surface area contributed by atoms with Crippen molar-refractivity contribution < 1.29 is 28.5 Å². The average molecular weight is 589 g/mol. The van der Waals surface area contributed by atoms with Crippen LogP contribution < -0.4 is 18.9 Å². The third-order valence-corrected chi connectivity index (χ3v) is 6.88. The van der Waals surface area contributed by atoms with Gasteiger partial charge in [-0.2, -0.15) is 0 Å². The van der Waals surface area contributed by atoms with Crippen LogP contribution in [0.5, 0.6) is 23.0 Å². The van der Waals surface area contributed by atoms with Crippen LogP contribution in [0.15, 0.2) is 127 Å². The fourth-order valence-electron chi connectivity index (χ4n) is 4.60. The van der Waals surface area contributed by atoms with E-state index < -0.39 is 5.97 Å². The van der Waals surface area contributed by atoms with Crippen LogP contribution in [0.3, 0.4) is 0 Å². The monoisotopic (exact) mass is 588 g/mol. The van der Waals surface area contributed by atoms with E-state index in [2.05, 4.69) is 48.5 Å². The van der Waals surface area contributed by atoms with Crippen LogP contribution >= 0.6 is 0 Å². The van der Waals surface area contributed by atoms with Crippen LogP contribution in [-0.2, 0) is 4.74 Å². The first-order valence-corrected chi connectivity index (χ1v) is 14.7. The van der Waals surface area contributed by atoms with E-state index in [4.69, 9.17) is 23.7 Å². The van der Waals surface area contributed by atoms with E-state index in [9.17, 15) is 4.79 Å². The van der Waals surface area contributed by atoms with Gasteiger partial charge in [0.2, 0.25) is 0 Å². The lowest BCUT2D eigenvalue weighted by atomic mass is 10.1. The molecule has 224 valence electrons. The Hall–Kier alpha value is -5.23. The van der Waals surface area contributed by atoms with Gasteiger partial charge in [-0.25, -0.2) is 4.79 Å². The highest BCUT2D eigenvalue weighted by molar-refractivity contribution is 5.90. The molecule has 6 nitrogen and oxygen atoms in total. The summed E-state index contributed by atoms with van der Waals surface area (Å²) in [5.74, 6) is 2.22. The van der Waals surface area contributed by atoms with Crippen molar-refractivity contribution in [1.29, 1.82) is 0 Å². The molecule has 6 heteroatoms. The molecule has 0 aliphatic heterocycles. The lowest BCUT2D eigenvalue weighted by Crippen LogP contribution is -2.08. The summed E-state index contributed by atoms with van der Waals surface area (Å²) in [6, 6.07) is 41.6. The summed E-state index contributed by atoms with van der Waals surface area (Å²) in [6.45, 7) is 1.84. The van der Waals surface area contributed by atoms with Gasteiger partial charge in [-0.1, -0.05) is 84.9 Å². The highest BCUT2D eigenvalue weighted by atomic mass is 16.5. The molecule has 0 unspecified atom stereocenters. The van der Waals surface area contributed by atoms with E-state index in [1.165, 1.54) is 18.2 Å². The molecule has 0 saturated carbocycles. The normalized spacial score (nSPS) is 10.6. The van der Waals surface area contributed by atoms with E-state index in [1.807, 2.05) is 60.7 Å². The molecule has 0 fully saturated rings. The third kappa shape index (κ3) is 8.88. The molecule has 0 bridgehead atoms. The molecule has 0 heterocycles. The van der Waals surface area contributed by atoms with Crippen LogP contribution in [0.1, 0.15) is 23.2 Å². The van der Waals surface area contributed by atoms with Crippen molar-refractivity contribution in [3.05, 3.63) is 133 Å². The molecule has 5 aromatic carbocycles. The SMILES string of the molecule is COC(=O)c1cc(OCCCOc2ccc(-c3ccccc3)cc2)cc(OCCCOc2ccc(-c3ccccc3)cc2)c1. The van der Waals surface area contributed by atoms with Gasteiger partial charge < -0.3 is 23.7 Å². The number of esters is 1. The summed E-state index contributed by atoms with van der Waals surface area (Å²) in [7, 11) is 1.35. The molecule has 0 saturated heterocycles. The van der Waals surface area contributed by atoms with Crippen molar-refractivity contribution in [2.24, 2.45) is 0 Å². The Kier molecular flexibility index (Phi) is 10.9. The van der Waals surface area contributed by atoms with E-state index in [0.29, 0.717) is 56.3 Å². The molecule has 0 amide bonds. The molecule has 0 aliphatic rings. The molecular weight excluding hydrogens is 552 g/mol. The zero-order valence-corrected chi connectivity index (χ0v) is 24.8. The van der Waals surface area contributed by atoms with Gasteiger partial charge in [0.25, 0.3) is 0 Å². The Morgan fingerprint density at radius 1 is 0.455 bits per heavy atom. The average Bonchev–Trinajstić information content (AvgIpc) is 3.09. The van der Waals surface area contributed by atoms with Crippen molar-refractivity contribution >= 4 is 5.97 Å². The first-order valence-electron chi connectivity index (χ1n) is 14.7. The summed E-state index contributed by atoms with van der Waals surface area (Å²) in [4.78, 5) is 12.2. The Balaban J connectivity index is 1.05. The summed E-state index contributed by atoms with van der Waals surface area (Å²) in [5, 5.41) is 0. The van der Waals surface area contributed by atoms with Gasteiger partial charge in [-0.3, -0.25) is 0 Å². The van der Waals surface area contributed by atoms with E-state index >= 15 is 0 Å². The maximum atomic E-state index is 12.2. The lowest BCUT2D eigenvalue weighted by Gasteiger charge is -2.13. The van der Waals surface area contributed by atoms with Gasteiger partial charge >= 0.3 is 5.97 Å². The van der Waals surface area contributed by atoms with Crippen LogP contribution in [-0.4, -0.2) is 39.5 Å². The quantitative estimate of drug-likeness (QED) is 0.0903. The highest BCUT2D eigenvalue weighted by Crippen LogP contribution is 2.26. The summed E-state index contributed by atoms with van der Waals surface area (Å²) in [5.41, 5.74) is 4.99. The Morgan fingerprint density at radius 3 is 1.20 bits per heavy atom. The number of hydrogen-bond acceptors (Lipinski definition) is 6. The van der Waals surface area contributed by atoms with Gasteiger partial charge in [0.05, 0.1) is 39.1 Å². The zero-order valence-electron chi connectivity index (χ0n) is 24.8. The van der Waals surface area contributed by atoms with Gasteiger partial charge in [0, 0.05) is 18.9 Å². The minimum absolute atomic E-state index is 0.365. The first-order chi connectivity index (χ1) is 21.7. The molecule has 0 N–H and O–H groups in total. The number of benzene rings is 5. The third-order valence-electron chi connectivity index (χ3n) is 6.88. The standard InChI is InChI=1S/C38H36O6/c1-40-38(39)33-26-36(43-24-8-22-41-34-18-14-31(15-19-34)29-10-4-2-5-11-29)28-37(27-33)44-25-9-23-42-35-20-16-32(17-21-35)30-12-6-3-7-13-30/h2-7,10-21,26-28H,8-9,22-25H2,1H3. The number of methoxy groups -OCH3 is 1. The van der Waals surface area contributed by atoms with Gasteiger partial charge in [0.15, 0.2) is 0 Å². The van der Waals surface area contributed by atoms with Crippen molar-refractivity contribution in [1.82, 2.24) is 0 Å². The van der Waals surface area contributed by atoms with E-state index in [1.54, 1.807) is 18.2 Å². The van der Waals surface area contributed by atoms with Crippen LogP contribution in [0.25, 0.3) is 22.3 Å². The van der Waals surface area contributed by atoms with Crippen LogP contribution in [0.4, 0.5) is 0 Å². The van der Waals surface area contributed by atoms with Crippen molar-refractivity contribution in [3.8, 4) is 45.3 Å². The van der Waals surface area contributed by atoms with Crippen molar-refractivity contribution in [2.75, 3.05) is 33.5 Å². The zero-order chi connectivity index (χ0) is 30.4. The number of rotatable bonds is 15. The maximum absolute atomic E-state index is 12.2. The highest BCUT2D eigenvalue weighted by Gasteiger charge is 2.11. The Labute approximate surface area is 258 Å². The number of carbonyl (C=O) groups excluding carboxylic acids is 1. The second kappa shape index (κ2) is 15.8. The lowest BCUT2D eigenvalue weighted by molar-refractivity contribution is 0.0599. The first kappa shape index (κ1) is 30.2. The van der Waals surface area contributed by atoms with Gasteiger partial charge in [0.1, 0.15) is 23.0 Å². The topological polar surface area (TPSA) is 63.2 Å². The molecule has 0 radical (unpaired) electrons. The smallest absolute Gasteiger partial charge is 0.338 e. The van der Waals surface area contributed by atoms with Gasteiger partial charge in [-0.05, 0) is 58.7 Å². The van der Waals surface area contributed by atoms with E-state index in [0.717, 1.165) is 22.6 Å². The van der Waals surface area contributed by atoms with Crippen LogP contribution in [0, 0.1) is 0 Å². The summed E-state index contributed by atoms with van der Waals surface area (Å²) < 4.78 is 28.5. The predicted octanol–water partition coefficient (Wildman–Crippen LogP) is 8.50. The molecule has 5 aromatic rings. The second-order valence-electron chi connectivity index (χ2n) is 10.1. The minimum atomic E-state index is -0.454. The van der Waals surface area contributed by atoms with Gasteiger partial charge in [-0.15, -0.1) is 0 Å². The molecule has 0 aliphatic carbocycles. The molecule has 0 aromatic heterocycles. The van der Waals surface area contributed by atoms with E-state index in [-0.39, 0.29) is 0 Å². The molecule has 0 spiro atoms. The maximum Gasteiger partial charge on any atom is 0.338 e. The molecule has 44 heavy (non-hydrogen) atoms. The molecular formula is C38H36O6. The largest absolute Gasteiger partial charge is 0.493 e. The number of ether oxygens (including phenoxy) is 5. The fourth-order valence-corrected chi connectivity index (χ4v) is 4.60. The Bertz CT molecular complexity index is 1470. The minimum Gasteiger partial charge on any atom is -0.493 e. The molecule has 0 atom stereocenters. The summed E-state index contributed by atoms with van der Waals surface area (Å²) in [6.07, 6.45) is 1.34. The van der Waals surface area contributed by atoms with Crippen molar-refractivity contribution in [2.45, 2.75) is 12.8 Å². The number of carbonyl (C=O) groups is 1. The molecule has 5 rings (SSSR count). The number of hydrogen-bond donors (Lipinski definition) is 0. The Morgan fingerprint density at radius 2 is 0.818 bits per heavy atom. The predicted molar refractivity (Wildman–Crippen MR) is 173 cm³/mol. The van der Waals surface area contributed by atoms with Crippen LogP contribution in [0.2, 0.25) is 0 Å². The summed E-state index contributed by atoms with van der Waals surface area (Å²) >= 11 is 0. The van der Waals surface area contributed by atoms with Crippen molar-refractivity contribution in [3.63, 3.8) is 0 Å². The second-order valence-corrected chi connectivity index (χ2v) is 10.1. The fraction of sp³-hybridized carbons (Fsp3) is 0.184.